The maximum Gasteiger partial charge on any atom is 0.180 e. The standard InChI is InChI=1S/C21H15BrN4/c22-18-11-13-19(14-12-18)26-21(23-24-25-26)15-20(16-7-3-1-4-8-16)17-9-5-2-6-10-17/h1-15H. The van der Waals surface area contributed by atoms with Crippen LogP contribution in [-0.2, 0) is 0 Å². The monoisotopic (exact) mass is 402 g/mol. The summed E-state index contributed by atoms with van der Waals surface area (Å²) in [7, 11) is 0. The lowest BCUT2D eigenvalue weighted by atomic mass is 9.97. The number of benzene rings is 3. The Kier molecular flexibility index (Phi) is 4.71. The molecule has 5 heteroatoms. The summed E-state index contributed by atoms with van der Waals surface area (Å²) in [5, 5.41) is 12.2. The topological polar surface area (TPSA) is 43.6 Å². The Morgan fingerprint density at radius 2 is 1.35 bits per heavy atom. The zero-order valence-corrected chi connectivity index (χ0v) is 15.4. The third-order valence-corrected chi connectivity index (χ3v) is 4.54. The minimum absolute atomic E-state index is 0.676. The average molecular weight is 403 g/mol. The second-order valence-electron chi connectivity index (χ2n) is 5.72. The molecule has 0 unspecified atom stereocenters. The quantitative estimate of drug-likeness (QED) is 0.481. The van der Waals surface area contributed by atoms with Crippen LogP contribution in [0.25, 0.3) is 17.3 Å². The van der Waals surface area contributed by atoms with E-state index >= 15 is 0 Å². The first kappa shape index (κ1) is 16.4. The zero-order chi connectivity index (χ0) is 17.8. The predicted molar refractivity (Wildman–Crippen MR) is 107 cm³/mol. The van der Waals surface area contributed by atoms with E-state index in [1.54, 1.807) is 4.68 Å². The molecule has 0 aliphatic carbocycles. The Labute approximate surface area is 159 Å². The van der Waals surface area contributed by atoms with Crippen LogP contribution in [0.3, 0.4) is 0 Å². The number of aromatic nitrogens is 4. The highest BCUT2D eigenvalue weighted by Crippen LogP contribution is 2.26. The minimum atomic E-state index is 0.676. The van der Waals surface area contributed by atoms with Crippen molar-refractivity contribution in [1.82, 2.24) is 20.2 Å². The van der Waals surface area contributed by atoms with Gasteiger partial charge in [0, 0.05) is 4.47 Å². The van der Waals surface area contributed by atoms with Crippen molar-refractivity contribution in [3.63, 3.8) is 0 Å². The van der Waals surface area contributed by atoms with Crippen LogP contribution in [0.1, 0.15) is 17.0 Å². The van der Waals surface area contributed by atoms with Crippen molar-refractivity contribution >= 4 is 27.6 Å². The molecule has 3 aromatic carbocycles. The number of tetrazole rings is 1. The van der Waals surface area contributed by atoms with Gasteiger partial charge in [-0.2, -0.15) is 4.68 Å². The van der Waals surface area contributed by atoms with E-state index in [2.05, 4.69) is 55.7 Å². The summed E-state index contributed by atoms with van der Waals surface area (Å²) in [6.45, 7) is 0. The first-order chi connectivity index (χ1) is 12.8. The van der Waals surface area contributed by atoms with Crippen molar-refractivity contribution in [2.75, 3.05) is 0 Å². The fourth-order valence-corrected chi connectivity index (χ4v) is 3.01. The molecule has 1 aromatic heterocycles. The molecule has 0 amide bonds. The third-order valence-electron chi connectivity index (χ3n) is 4.01. The van der Waals surface area contributed by atoms with Crippen LogP contribution in [0.2, 0.25) is 0 Å². The summed E-state index contributed by atoms with van der Waals surface area (Å²) in [6, 6.07) is 28.4. The molecule has 4 aromatic rings. The molecule has 4 nitrogen and oxygen atoms in total. The molecule has 0 saturated carbocycles. The molecule has 0 saturated heterocycles. The van der Waals surface area contributed by atoms with Crippen LogP contribution < -0.4 is 0 Å². The lowest BCUT2D eigenvalue weighted by Crippen LogP contribution is -2.00. The summed E-state index contributed by atoms with van der Waals surface area (Å²) in [4.78, 5) is 0. The molecule has 0 fully saturated rings. The van der Waals surface area contributed by atoms with Crippen LogP contribution in [0.5, 0.6) is 0 Å². The Balaban J connectivity index is 1.84. The number of rotatable bonds is 4. The Hall–Kier alpha value is -3.05. The molecule has 0 bridgehead atoms. The van der Waals surface area contributed by atoms with Gasteiger partial charge in [-0.15, -0.1) is 5.10 Å². The van der Waals surface area contributed by atoms with E-state index in [9.17, 15) is 0 Å². The highest BCUT2D eigenvalue weighted by atomic mass is 79.9. The van der Waals surface area contributed by atoms with E-state index in [-0.39, 0.29) is 0 Å². The van der Waals surface area contributed by atoms with E-state index in [1.807, 2.05) is 66.7 Å². The molecule has 0 radical (unpaired) electrons. The first-order valence-electron chi connectivity index (χ1n) is 8.18. The summed E-state index contributed by atoms with van der Waals surface area (Å²) in [5.74, 6) is 0.676. The van der Waals surface area contributed by atoms with E-state index in [4.69, 9.17) is 0 Å². The summed E-state index contributed by atoms with van der Waals surface area (Å²) >= 11 is 3.46. The third kappa shape index (κ3) is 3.48. The van der Waals surface area contributed by atoms with Gasteiger partial charge in [0.2, 0.25) is 0 Å². The van der Waals surface area contributed by atoms with Gasteiger partial charge >= 0.3 is 0 Å². The molecule has 1 heterocycles. The van der Waals surface area contributed by atoms with E-state index in [0.717, 1.165) is 26.9 Å². The second kappa shape index (κ2) is 7.45. The smallest absolute Gasteiger partial charge is 0.180 e. The van der Waals surface area contributed by atoms with E-state index in [1.165, 1.54) is 0 Å². The van der Waals surface area contributed by atoms with Gasteiger partial charge in [-0.1, -0.05) is 76.6 Å². The van der Waals surface area contributed by atoms with Crippen molar-refractivity contribution in [2.45, 2.75) is 0 Å². The SMILES string of the molecule is Brc1ccc(-n2nnnc2C=C(c2ccccc2)c2ccccc2)cc1. The van der Waals surface area contributed by atoms with E-state index in [0.29, 0.717) is 5.82 Å². The number of hydrogen-bond acceptors (Lipinski definition) is 3. The Morgan fingerprint density at radius 1 is 0.769 bits per heavy atom. The van der Waals surface area contributed by atoms with Gasteiger partial charge in [0.25, 0.3) is 0 Å². The molecular formula is C21H15BrN4. The lowest BCUT2D eigenvalue weighted by Gasteiger charge is -2.09. The van der Waals surface area contributed by atoms with Crippen LogP contribution in [0.4, 0.5) is 0 Å². The van der Waals surface area contributed by atoms with Crippen molar-refractivity contribution in [1.29, 1.82) is 0 Å². The van der Waals surface area contributed by atoms with Crippen molar-refractivity contribution < 1.29 is 0 Å². The summed E-state index contributed by atoms with van der Waals surface area (Å²) in [6.07, 6.45) is 2.02. The van der Waals surface area contributed by atoms with Gasteiger partial charge in [0.1, 0.15) is 0 Å². The lowest BCUT2D eigenvalue weighted by molar-refractivity contribution is 0.786. The molecule has 26 heavy (non-hydrogen) atoms. The van der Waals surface area contributed by atoms with Crippen LogP contribution >= 0.6 is 15.9 Å². The first-order valence-corrected chi connectivity index (χ1v) is 8.97. The number of nitrogens with zero attached hydrogens (tertiary/aromatic N) is 4. The number of hydrogen-bond donors (Lipinski definition) is 0. The van der Waals surface area contributed by atoms with Gasteiger partial charge in [-0.05, 0) is 57.5 Å². The van der Waals surface area contributed by atoms with Gasteiger partial charge < -0.3 is 0 Å². The molecule has 0 aliphatic heterocycles. The van der Waals surface area contributed by atoms with E-state index < -0.39 is 0 Å². The van der Waals surface area contributed by atoms with Crippen LogP contribution in [0, 0.1) is 0 Å². The average Bonchev–Trinajstić information content (AvgIpc) is 3.16. The molecule has 4 rings (SSSR count). The van der Waals surface area contributed by atoms with Crippen molar-refractivity contribution in [2.24, 2.45) is 0 Å². The van der Waals surface area contributed by atoms with Crippen LogP contribution in [-0.4, -0.2) is 20.2 Å². The Bertz CT molecular complexity index is 981. The van der Waals surface area contributed by atoms with Gasteiger partial charge in [0.05, 0.1) is 5.69 Å². The fraction of sp³-hybridized carbons (Fsp3) is 0. The highest BCUT2D eigenvalue weighted by molar-refractivity contribution is 9.10. The minimum Gasteiger partial charge on any atom is -0.193 e. The molecule has 0 spiro atoms. The molecule has 126 valence electrons. The molecular weight excluding hydrogens is 388 g/mol. The molecule has 0 atom stereocenters. The maximum atomic E-state index is 4.22. The zero-order valence-electron chi connectivity index (χ0n) is 13.8. The van der Waals surface area contributed by atoms with Gasteiger partial charge in [-0.25, -0.2) is 0 Å². The predicted octanol–water partition coefficient (Wildman–Crippen LogP) is 5.01. The summed E-state index contributed by atoms with van der Waals surface area (Å²) < 4.78 is 2.75. The molecule has 0 aliphatic rings. The molecule has 0 N–H and O–H groups in total. The van der Waals surface area contributed by atoms with Crippen molar-refractivity contribution in [3.05, 3.63) is 106 Å². The highest BCUT2D eigenvalue weighted by Gasteiger charge is 2.10. The van der Waals surface area contributed by atoms with Gasteiger partial charge in [-0.3, -0.25) is 0 Å². The second-order valence-corrected chi connectivity index (χ2v) is 6.63. The fourth-order valence-electron chi connectivity index (χ4n) is 2.75. The van der Waals surface area contributed by atoms with Gasteiger partial charge in [0.15, 0.2) is 5.82 Å². The maximum absolute atomic E-state index is 4.22. The van der Waals surface area contributed by atoms with Crippen molar-refractivity contribution in [3.8, 4) is 5.69 Å². The summed E-state index contributed by atoms with van der Waals surface area (Å²) in [5.41, 5.74) is 4.21. The Morgan fingerprint density at radius 3 is 1.92 bits per heavy atom. The normalized spacial score (nSPS) is 10.5. The van der Waals surface area contributed by atoms with Crippen LogP contribution in [0.15, 0.2) is 89.4 Å². The largest absolute Gasteiger partial charge is 0.193 e. The number of halogens is 1.